The smallest absolute Gasteiger partial charge is 0.342 e. The van der Waals surface area contributed by atoms with Crippen LogP contribution in [0.15, 0.2) is 42.0 Å². The van der Waals surface area contributed by atoms with Gasteiger partial charge in [0.05, 0.1) is 17.1 Å². The Morgan fingerprint density at radius 2 is 1.96 bits per heavy atom. The molecule has 1 aliphatic carbocycles. The van der Waals surface area contributed by atoms with E-state index in [1.165, 1.54) is 18.4 Å². The minimum absolute atomic E-state index is 0.282. The lowest BCUT2D eigenvalue weighted by molar-refractivity contribution is -0.124. The van der Waals surface area contributed by atoms with Gasteiger partial charge in [0.25, 0.3) is 5.91 Å². The van der Waals surface area contributed by atoms with E-state index in [-0.39, 0.29) is 12.5 Å². The Balaban J connectivity index is 1.52. The maximum Gasteiger partial charge on any atom is 0.342 e. The molecule has 3 rings (SSSR count). The van der Waals surface area contributed by atoms with Crippen molar-refractivity contribution >= 4 is 11.9 Å². The van der Waals surface area contributed by atoms with E-state index in [4.69, 9.17) is 4.74 Å². The minimum atomic E-state index is -0.526. The van der Waals surface area contributed by atoms with E-state index in [0.717, 1.165) is 24.9 Å². The monoisotopic (exact) mass is 381 g/mol. The van der Waals surface area contributed by atoms with Crippen molar-refractivity contribution in [3.05, 3.63) is 58.9 Å². The van der Waals surface area contributed by atoms with Crippen molar-refractivity contribution in [2.75, 3.05) is 13.2 Å². The molecule has 0 bridgehead atoms. The molecule has 0 saturated heterocycles. The summed E-state index contributed by atoms with van der Waals surface area (Å²) in [6.45, 7) is 3.88. The van der Waals surface area contributed by atoms with Crippen LogP contribution in [0, 0.1) is 13.8 Å². The molecule has 1 heterocycles. The molecular formula is C22H27N3O3. The molecule has 28 heavy (non-hydrogen) atoms. The van der Waals surface area contributed by atoms with Crippen molar-refractivity contribution < 1.29 is 14.3 Å². The third-order valence-electron chi connectivity index (χ3n) is 4.98. The number of aryl methyl sites for hydroxylation is 1. The summed E-state index contributed by atoms with van der Waals surface area (Å²) in [5.41, 5.74) is 3.96. The first kappa shape index (κ1) is 19.9. The van der Waals surface area contributed by atoms with Crippen LogP contribution in [-0.4, -0.2) is 34.8 Å². The fraction of sp³-hybridized carbons (Fsp3) is 0.409. The second kappa shape index (κ2) is 9.35. The molecular weight excluding hydrogens is 354 g/mol. The van der Waals surface area contributed by atoms with Crippen LogP contribution in [0.25, 0.3) is 5.69 Å². The van der Waals surface area contributed by atoms with Crippen LogP contribution in [0.2, 0.25) is 0 Å². The van der Waals surface area contributed by atoms with Crippen LogP contribution in [0.1, 0.15) is 53.8 Å². The van der Waals surface area contributed by atoms with Gasteiger partial charge in [0.2, 0.25) is 0 Å². The molecule has 1 aromatic carbocycles. The third-order valence-corrected chi connectivity index (χ3v) is 4.98. The molecule has 148 valence electrons. The van der Waals surface area contributed by atoms with E-state index in [0.29, 0.717) is 23.5 Å². The topological polar surface area (TPSA) is 73.2 Å². The zero-order valence-electron chi connectivity index (χ0n) is 16.5. The number of carbonyl (C=O) groups is 2. The van der Waals surface area contributed by atoms with Crippen molar-refractivity contribution in [3.63, 3.8) is 0 Å². The number of nitrogens with one attached hydrogen (secondary N) is 1. The van der Waals surface area contributed by atoms with Crippen LogP contribution in [0.4, 0.5) is 0 Å². The molecule has 6 nitrogen and oxygen atoms in total. The van der Waals surface area contributed by atoms with Crippen LogP contribution >= 0.6 is 0 Å². The predicted molar refractivity (Wildman–Crippen MR) is 107 cm³/mol. The quantitative estimate of drug-likeness (QED) is 0.587. The van der Waals surface area contributed by atoms with Gasteiger partial charge < -0.3 is 10.1 Å². The molecule has 0 saturated carbocycles. The van der Waals surface area contributed by atoms with Gasteiger partial charge in [0.15, 0.2) is 6.61 Å². The first-order valence-electron chi connectivity index (χ1n) is 9.79. The molecule has 1 N–H and O–H groups in total. The predicted octanol–water partition coefficient (Wildman–Crippen LogP) is 3.65. The maximum absolute atomic E-state index is 12.5. The molecule has 6 heteroatoms. The van der Waals surface area contributed by atoms with Gasteiger partial charge in [-0.3, -0.25) is 4.79 Å². The zero-order valence-corrected chi connectivity index (χ0v) is 16.5. The maximum atomic E-state index is 12.5. The van der Waals surface area contributed by atoms with Crippen molar-refractivity contribution in [1.29, 1.82) is 0 Å². The molecule has 0 atom stereocenters. The van der Waals surface area contributed by atoms with Gasteiger partial charge in [-0.1, -0.05) is 29.8 Å². The van der Waals surface area contributed by atoms with E-state index in [1.54, 1.807) is 11.6 Å². The van der Waals surface area contributed by atoms with Crippen LogP contribution in [0.3, 0.4) is 0 Å². The molecule has 0 spiro atoms. The summed E-state index contributed by atoms with van der Waals surface area (Å²) in [6.07, 6.45) is 7.87. The van der Waals surface area contributed by atoms with Gasteiger partial charge >= 0.3 is 5.97 Å². The number of hydrogen-bond donors (Lipinski definition) is 1. The summed E-state index contributed by atoms with van der Waals surface area (Å²) < 4.78 is 6.94. The number of aromatic nitrogens is 2. The number of benzene rings is 1. The zero-order chi connectivity index (χ0) is 19.9. The Morgan fingerprint density at radius 3 is 2.68 bits per heavy atom. The van der Waals surface area contributed by atoms with E-state index >= 15 is 0 Å². The summed E-state index contributed by atoms with van der Waals surface area (Å²) >= 11 is 0. The Labute approximate surface area is 165 Å². The number of carbonyl (C=O) groups excluding carboxylic acids is 2. The largest absolute Gasteiger partial charge is 0.452 e. The highest BCUT2D eigenvalue weighted by Gasteiger charge is 2.21. The fourth-order valence-corrected chi connectivity index (χ4v) is 3.51. The van der Waals surface area contributed by atoms with Gasteiger partial charge in [-0.25, -0.2) is 9.48 Å². The van der Waals surface area contributed by atoms with Gasteiger partial charge in [-0.05, 0) is 58.1 Å². The highest BCUT2D eigenvalue weighted by molar-refractivity contribution is 5.93. The van der Waals surface area contributed by atoms with E-state index < -0.39 is 5.97 Å². The number of hydrogen-bond acceptors (Lipinski definition) is 4. The number of nitrogens with zero attached hydrogens (tertiary/aromatic N) is 2. The summed E-state index contributed by atoms with van der Waals surface area (Å²) in [4.78, 5) is 24.5. The average Bonchev–Trinajstić information content (AvgIpc) is 3.02. The summed E-state index contributed by atoms with van der Waals surface area (Å²) in [6, 6.07) is 9.59. The second-order valence-corrected chi connectivity index (χ2v) is 7.08. The SMILES string of the molecule is Cc1nn(-c2ccccc2)c(C)c1C(=O)OCC(=O)NCCC1=CCCCC1. The number of amides is 1. The number of ether oxygens (including phenoxy) is 1. The molecule has 0 fully saturated rings. The molecule has 0 unspecified atom stereocenters. The fourth-order valence-electron chi connectivity index (χ4n) is 3.51. The van der Waals surface area contributed by atoms with Gasteiger partial charge in [0, 0.05) is 6.54 Å². The van der Waals surface area contributed by atoms with Crippen LogP contribution in [-0.2, 0) is 9.53 Å². The van der Waals surface area contributed by atoms with E-state index in [2.05, 4.69) is 16.5 Å². The summed E-state index contributed by atoms with van der Waals surface area (Å²) in [5, 5.41) is 7.26. The molecule has 1 aromatic heterocycles. The Kier molecular flexibility index (Phi) is 6.63. The third kappa shape index (κ3) is 4.88. The van der Waals surface area contributed by atoms with Gasteiger partial charge in [0.1, 0.15) is 5.56 Å². The average molecular weight is 381 g/mol. The van der Waals surface area contributed by atoms with Crippen LogP contribution < -0.4 is 5.32 Å². The Hall–Kier alpha value is -2.89. The van der Waals surface area contributed by atoms with Gasteiger partial charge in [-0.15, -0.1) is 0 Å². The Bertz CT molecular complexity index is 869. The lowest BCUT2D eigenvalue weighted by Gasteiger charge is -2.13. The second-order valence-electron chi connectivity index (χ2n) is 7.08. The van der Waals surface area contributed by atoms with Crippen molar-refractivity contribution in [3.8, 4) is 5.69 Å². The van der Waals surface area contributed by atoms with Crippen molar-refractivity contribution in [2.45, 2.75) is 46.0 Å². The van der Waals surface area contributed by atoms with Crippen LogP contribution in [0.5, 0.6) is 0 Å². The van der Waals surface area contributed by atoms with Crippen molar-refractivity contribution in [1.82, 2.24) is 15.1 Å². The normalized spacial score (nSPS) is 13.7. The number of esters is 1. The molecule has 1 aliphatic rings. The minimum Gasteiger partial charge on any atom is -0.452 e. The Morgan fingerprint density at radius 1 is 1.18 bits per heavy atom. The van der Waals surface area contributed by atoms with E-state index in [1.807, 2.05) is 37.3 Å². The lowest BCUT2D eigenvalue weighted by Crippen LogP contribution is -2.30. The number of allylic oxidation sites excluding steroid dienone is 1. The van der Waals surface area contributed by atoms with Gasteiger partial charge in [-0.2, -0.15) is 5.10 Å². The number of para-hydroxylation sites is 1. The lowest BCUT2D eigenvalue weighted by atomic mass is 9.97. The first-order valence-corrected chi connectivity index (χ1v) is 9.79. The van der Waals surface area contributed by atoms with Crippen molar-refractivity contribution in [2.24, 2.45) is 0 Å². The first-order chi connectivity index (χ1) is 13.6. The highest BCUT2D eigenvalue weighted by Crippen LogP contribution is 2.20. The molecule has 2 aromatic rings. The molecule has 0 aliphatic heterocycles. The highest BCUT2D eigenvalue weighted by atomic mass is 16.5. The number of rotatable bonds is 7. The standard InChI is InChI=1S/C22H27N3O3/c1-16-21(17(2)25(24-16)19-11-7-4-8-12-19)22(27)28-15-20(26)23-14-13-18-9-5-3-6-10-18/h4,7-9,11-12H,3,5-6,10,13-15H2,1-2H3,(H,23,26). The van der Waals surface area contributed by atoms with E-state index in [9.17, 15) is 9.59 Å². The summed E-state index contributed by atoms with van der Waals surface area (Å²) in [5.74, 6) is -0.808. The molecule has 0 radical (unpaired) electrons. The molecule has 1 amide bonds. The summed E-state index contributed by atoms with van der Waals surface area (Å²) in [7, 11) is 0.